The molecule has 0 spiro atoms. The quantitative estimate of drug-likeness (QED) is 0.646. The molecule has 0 amide bonds. The van der Waals surface area contributed by atoms with Gasteiger partial charge in [0.1, 0.15) is 5.82 Å². The smallest absolute Gasteiger partial charge is 0.303 e. The van der Waals surface area contributed by atoms with Crippen molar-refractivity contribution in [3.05, 3.63) is 30.1 Å². The van der Waals surface area contributed by atoms with Gasteiger partial charge in [0.2, 0.25) is 10.0 Å². The molecule has 1 fully saturated rings. The molecule has 1 aromatic rings. The molecule has 1 aromatic carbocycles. The summed E-state index contributed by atoms with van der Waals surface area (Å²) in [5.74, 6) is -1.06. The van der Waals surface area contributed by atoms with Gasteiger partial charge in [-0.15, -0.1) is 0 Å². The number of piperidine rings is 1. The number of nitrogens with one attached hydrogen (secondary N) is 1. The van der Waals surface area contributed by atoms with Gasteiger partial charge in [-0.1, -0.05) is 0 Å². The van der Waals surface area contributed by atoms with Gasteiger partial charge in [-0.2, -0.15) is 4.31 Å². The Labute approximate surface area is 129 Å². The van der Waals surface area contributed by atoms with Crippen LogP contribution in [0.4, 0.5) is 4.39 Å². The lowest BCUT2D eigenvalue weighted by atomic mass is 10.1. The van der Waals surface area contributed by atoms with Gasteiger partial charge in [0, 0.05) is 13.0 Å². The van der Waals surface area contributed by atoms with Gasteiger partial charge in [0.15, 0.2) is 6.73 Å². The third-order valence-corrected chi connectivity index (χ3v) is 5.42. The van der Waals surface area contributed by atoms with E-state index in [2.05, 4.69) is 5.32 Å². The van der Waals surface area contributed by atoms with Crippen LogP contribution in [0.2, 0.25) is 0 Å². The summed E-state index contributed by atoms with van der Waals surface area (Å²) in [5, 5.41) is 3.15. The number of ether oxygens (including phenoxy) is 1. The number of esters is 1. The summed E-state index contributed by atoms with van der Waals surface area (Å²) < 4.78 is 44.6. The van der Waals surface area contributed by atoms with Crippen molar-refractivity contribution in [3.63, 3.8) is 0 Å². The number of halogens is 1. The largest absolute Gasteiger partial charge is 0.449 e. The highest BCUT2D eigenvalue weighted by atomic mass is 32.2. The first-order valence-corrected chi connectivity index (χ1v) is 8.47. The topological polar surface area (TPSA) is 75.7 Å². The van der Waals surface area contributed by atoms with Crippen molar-refractivity contribution >= 4 is 16.0 Å². The molecule has 122 valence electrons. The zero-order chi connectivity index (χ0) is 16.2. The summed E-state index contributed by atoms with van der Waals surface area (Å²) in [4.78, 5) is 11.0. The average molecular weight is 330 g/mol. The Hall–Kier alpha value is -1.51. The first-order valence-electron chi connectivity index (χ1n) is 7.03. The van der Waals surface area contributed by atoms with Crippen LogP contribution in [0, 0.1) is 5.82 Å². The molecule has 8 heteroatoms. The molecular weight excluding hydrogens is 311 g/mol. The number of benzene rings is 1. The molecule has 0 aliphatic carbocycles. The zero-order valence-electron chi connectivity index (χ0n) is 12.3. The lowest BCUT2D eigenvalue weighted by Gasteiger charge is -2.33. The van der Waals surface area contributed by atoms with E-state index in [1.807, 2.05) is 0 Å². The van der Waals surface area contributed by atoms with Crippen molar-refractivity contribution in [3.8, 4) is 0 Å². The normalized spacial score (nSPS) is 16.7. The molecule has 1 heterocycles. The van der Waals surface area contributed by atoms with Gasteiger partial charge in [0.25, 0.3) is 0 Å². The van der Waals surface area contributed by atoms with Crippen molar-refractivity contribution in [1.82, 2.24) is 9.62 Å². The van der Waals surface area contributed by atoms with Crippen molar-refractivity contribution in [2.24, 2.45) is 0 Å². The van der Waals surface area contributed by atoms with E-state index in [9.17, 15) is 17.6 Å². The van der Waals surface area contributed by atoms with E-state index in [-0.39, 0.29) is 17.7 Å². The zero-order valence-corrected chi connectivity index (χ0v) is 13.1. The van der Waals surface area contributed by atoms with Crippen LogP contribution in [0.3, 0.4) is 0 Å². The highest BCUT2D eigenvalue weighted by Crippen LogP contribution is 2.22. The number of rotatable bonds is 5. The molecule has 6 nitrogen and oxygen atoms in total. The SMILES string of the molecule is CC(=O)OCN(C1CCNCC1)S(=O)(=O)c1ccc(F)cc1. The van der Waals surface area contributed by atoms with E-state index >= 15 is 0 Å². The summed E-state index contributed by atoms with van der Waals surface area (Å²) in [5.41, 5.74) is 0. The van der Waals surface area contributed by atoms with Gasteiger partial charge in [-0.25, -0.2) is 12.8 Å². The van der Waals surface area contributed by atoms with Crippen LogP contribution in [0.15, 0.2) is 29.2 Å². The van der Waals surface area contributed by atoms with E-state index in [1.165, 1.54) is 23.4 Å². The summed E-state index contributed by atoms with van der Waals surface area (Å²) in [6.45, 7) is 2.28. The Morgan fingerprint density at radius 2 is 1.91 bits per heavy atom. The molecule has 22 heavy (non-hydrogen) atoms. The predicted octanol–water partition coefficient (Wildman–Crippen LogP) is 1.09. The summed E-state index contributed by atoms with van der Waals surface area (Å²) >= 11 is 0. The van der Waals surface area contributed by atoms with E-state index < -0.39 is 21.8 Å². The van der Waals surface area contributed by atoms with E-state index in [1.54, 1.807) is 0 Å². The Bertz CT molecular complexity index is 612. The molecule has 0 unspecified atom stereocenters. The predicted molar refractivity (Wildman–Crippen MR) is 77.9 cm³/mol. The van der Waals surface area contributed by atoms with Crippen LogP contribution in [-0.2, 0) is 19.6 Å². The average Bonchev–Trinajstić information content (AvgIpc) is 2.48. The molecule has 0 bridgehead atoms. The molecule has 2 rings (SSSR count). The lowest BCUT2D eigenvalue weighted by molar-refractivity contribution is -0.144. The summed E-state index contributed by atoms with van der Waals surface area (Å²) in [6, 6.07) is 4.37. The minimum atomic E-state index is -3.85. The van der Waals surface area contributed by atoms with Crippen molar-refractivity contribution < 1.29 is 22.3 Å². The maximum atomic E-state index is 13.0. The molecule has 1 aliphatic rings. The summed E-state index contributed by atoms with van der Waals surface area (Å²) in [7, 11) is -3.85. The number of hydrogen-bond donors (Lipinski definition) is 1. The van der Waals surface area contributed by atoms with E-state index in [0.717, 1.165) is 12.1 Å². The molecule has 1 N–H and O–H groups in total. The molecule has 1 aliphatic heterocycles. The minimum Gasteiger partial charge on any atom is -0.449 e. The fourth-order valence-electron chi connectivity index (χ4n) is 2.36. The van der Waals surface area contributed by atoms with Crippen LogP contribution in [0.5, 0.6) is 0 Å². The standard InChI is InChI=1S/C14H19FN2O4S/c1-11(18)21-10-17(13-6-8-16-9-7-13)22(19,20)14-4-2-12(15)3-5-14/h2-5,13,16H,6-10H2,1H3. The molecule has 1 saturated heterocycles. The van der Waals surface area contributed by atoms with Crippen LogP contribution >= 0.6 is 0 Å². The van der Waals surface area contributed by atoms with E-state index in [0.29, 0.717) is 25.9 Å². The maximum absolute atomic E-state index is 13.0. The third-order valence-electron chi connectivity index (χ3n) is 3.53. The Balaban J connectivity index is 2.28. The highest BCUT2D eigenvalue weighted by Gasteiger charge is 2.33. The van der Waals surface area contributed by atoms with Crippen LogP contribution in [-0.4, -0.2) is 44.6 Å². The lowest BCUT2D eigenvalue weighted by Crippen LogP contribution is -2.47. The number of nitrogens with zero attached hydrogens (tertiary/aromatic N) is 1. The maximum Gasteiger partial charge on any atom is 0.303 e. The van der Waals surface area contributed by atoms with Gasteiger partial charge < -0.3 is 10.1 Å². The van der Waals surface area contributed by atoms with Gasteiger partial charge >= 0.3 is 5.97 Å². The van der Waals surface area contributed by atoms with Crippen molar-refractivity contribution in [2.45, 2.75) is 30.7 Å². The number of carbonyl (C=O) groups is 1. The second-order valence-electron chi connectivity index (χ2n) is 5.09. The van der Waals surface area contributed by atoms with Gasteiger partial charge in [-0.05, 0) is 50.2 Å². The summed E-state index contributed by atoms with van der Waals surface area (Å²) in [6.07, 6.45) is 1.25. The highest BCUT2D eigenvalue weighted by molar-refractivity contribution is 7.89. The van der Waals surface area contributed by atoms with Gasteiger partial charge in [0.05, 0.1) is 4.90 Å². The molecule has 0 saturated carbocycles. The Kier molecular flexibility index (Phi) is 5.49. The second kappa shape index (κ2) is 7.17. The fraction of sp³-hybridized carbons (Fsp3) is 0.500. The van der Waals surface area contributed by atoms with Crippen LogP contribution < -0.4 is 5.32 Å². The molecule has 0 radical (unpaired) electrons. The first kappa shape index (κ1) is 16.9. The first-order chi connectivity index (χ1) is 10.4. The number of sulfonamides is 1. The monoisotopic (exact) mass is 330 g/mol. The number of carbonyl (C=O) groups excluding carboxylic acids is 1. The molecule has 0 atom stereocenters. The third kappa shape index (κ3) is 4.02. The van der Waals surface area contributed by atoms with Crippen LogP contribution in [0.1, 0.15) is 19.8 Å². The van der Waals surface area contributed by atoms with Gasteiger partial charge in [-0.3, -0.25) is 4.79 Å². The second-order valence-corrected chi connectivity index (χ2v) is 6.98. The Morgan fingerprint density at radius 1 is 1.32 bits per heavy atom. The van der Waals surface area contributed by atoms with Crippen molar-refractivity contribution in [2.75, 3.05) is 19.8 Å². The Morgan fingerprint density at radius 3 is 2.45 bits per heavy atom. The van der Waals surface area contributed by atoms with E-state index in [4.69, 9.17) is 4.74 Å². The molecular formula is C14H19FN2O4S. The number of hydrogen-bond acceptors (Lipinski definition) is 5. The van der Waals surface area contributed by atoms with Crippen LogP contribution in [0.25, 0.3) is 0 Å². The minimum absolute atomic E-state index is 0.0143. The molecule has 0 aromatic heterocycles. The fourth-order valence-corrected chi connectivity index (χ4v) is 3.91. The van der Waals surface area contributed by atoms with Crippen molar-refractivity contribution in [1.29, 1.82) is 0 Å².